The number of fused-ring (bicyclic) bond motifs is 1. The van der Waals surface area contributed by atoms with Gasteiger partial charge in [0, 0.05) is 13.1 Å². The van der Waals surface area contributed by atoms with Crippen LogP contribution in [0, 0.1) is 6.92 Å². The zero-order valence-electron chi connectivity index (χ0n) is 12.8. The third kappa shape index (κ3) is 2.60. The van der Waals surface area contributed by atoms with E-state index >= 15 is 0 Å². The molecule has 1 fully saturated rings. The third-order valence-electron chi connectivity index (χ3n) is 4.19. The lowest BCUT2D eigenvalue weighted by Gasteiger charge is -2.34. The van der Waals surface area contributed by atoms with Crippen LogP contribution >= 0.6 is 11.3 Å². The van der Waals surface area contributed by atoms with Gasteiger partial charge in [0.15, 0.2) is 0 Å². The van der Waals surface area contributed by atoms with E-state index in [9.17, 15) is 5.11 Å². The maximum Gasteiger partial charge on any atom is 0.230 e. The molecule has 23 heavy (non-hydrogen) atoms. The van der Waals surface area contributed by atoms with E-state index < -0.39 is 0 Å². The van der Waals surface area contributed by atoms with Crippen molar-refractivity contribution in [2.24, 2.45) is 0 Å². The van der Waals surface area contributed by atoms with Gasteiger partial charge in [-0.3, -0.25) is 4.90 Å². The molecule has 0 aliphatic carbocycles. The average Bonchev–Trinajstić information content (AvgIpc) is 3.15. The van der Waals surface area contributed by atoms with E-state index in [-0.39, 0.29) is 11.9 Å². The van der Waals surface area contributed by atoms with Crippen molar-refractivity contribution in [3.63, 3.8) is 0 Å². The number of nitrogens with zero attached hydrogens (tertiary/aromatic N) is 4. The Hall–Kier alpha value is -1.96. The van der Waals surface area contributed by atoms with Crippen LogP contribution in [0.5, 0.6) is 5.88 Å². The van der Waals surface area contributed by atoms with E-state index in [0.29, 0.717) is 18.2 Å². The van der Waals surface area contributed by atoms with Crippen LogP contribution in [-0.4, -0.2) is 50.9 Å². The normalized spacial score (nSPS) is 17.6. The highest BCUT2D eigenvalue weighted by atomic mass is 32.1. The van der Waals surface area contributed by atoms with E-state index in [1.807, 2.05) is 0 Å². The van der Waals surface area contributed by atoms with Crippen molar-refractivity contribution in [2.45, 2.75) is 13.0 Å². The Morgan fingerprint density at radius 1 is 1.22 bits per heavy atom. The van der Waals surface area contributed by atoms with Gasteiger partial charge >= 0.3 is 0 Å². The minimum Gasteiger partial charge on any atom is -0.492 e. The number of hydrogen-bond acceptors (Lipinski definition) is 6. The van der Waals surface area contributed by atoms with Crippen molar-refractivity contribution < 1.29 is 9.84 Å². The topological polar surface area (TPSA) is 62.9 Å². The quantitative estimate of drug-likeness (QED) is 0.798. The Morgan fingerprint density at radius 2 is 1.96 bits per heavy atom. The predicted molar refractivity (Wildman–Crippen MR) is 87.9 cm³/mol. The number of thiazole rings is 1. The van der Waals surface area contributed by atoms with Gasteiger partial charge in [-0.25, -0.2) is 4.98 Å². The lowest BCUT2D eigenvalue weighted by Crippen LogP contribution is -2.39. The Morgan fingerprint density at radius 3 is 2.65 bits per heavy atom. The van der Waals surface area contributed by atoms with Crippen LogP contribution < -0.4 is 0 Å². The molecular formula is C16H18N4O2S. The van der Waals surface area contributed by atoms with Crippen LogP contribution in [0.15, 0.2) is 30.6 Å². The average molecular weight is 330 g/mol. The highest BCUT2D eigenvalue weighted by molar-refractivity contribution is 7.17. The minimum atomic E-state index is -0.00648. The van der Waals surface area contributed by atoms with Crippen LogP contribution in [-0.2, 0) is 4.74 Å². The maximum absolute atomic E-state index is 10.6. The summed E-state index contributed by atoms with van der Waals surface area (Å²) in [4.78, 5) is 8.14. The predicted octanol–water partition coefficient (Wildman–Crippen LogP) is 2.23. The first-order chi connectivity index (χ1) is 11.2. The standard InChI is InChI=1S/C16H18N4O2S/c1-11-2-4-12(5-3-11)13(19-6-8-22-9-7-19)14-15(21)20-16(23-14)17-10-18-20/h2-5,10,13,21H,6-9H2,1H3. The summed E-state index contributed by atoms with van der Waals surface area (Å²) in [7, 11) is 0. The molecule has 120 valence electrons. The molecule has 1 aliphatic rings. The second-order valence-electron chi connectivity index (χ2n) is 5.71. The molecule has 1 saturated heterocycles. The van der Waals surface area contributed by atoms with Gasteiger partial charge in [0.2, 0.25) is 10.8 Å². The number of morpholine rings is 1. The van der Waals surface area contributed by atoms with Gasteiger partial charge in [-0.1, -0.05) is 41.2 Å². The summed E-state index contributed by atoms with van der Waals surface area (Å²) in [5.41, 5.74) is 2.39. The molecule has 4 rings (SSSR count). The van der Waals surface area contributed by atoms with E-state index in [1.165, 1.54) is 27.7 Å². The number of hydrogen-bond donors (Lipinski definition) is 1. The fourth-order valence-electron chi connectivity index (χ4n) is 2.98. The summed E-state index contributed by atoms with van der Waals surface area (Å²) in [5, 5.41) is 14.7. The molecule has 6 nitrogen and oxygen atoms in total. The first-order valence-corrected chi connectivity index (χ1v) is 8.45. The number of aryl methyl sites for hydroxylation is 1. The SMILES string of the molecule is Cc1ccc(C(c2sc3ncnn3c2O)N2CCOCC2)cc1. The molecule has 1 N–H and O–H groups in total. The molecule has 3 aromatic rings. The largest absolute Gasteiger partial charge is 0.492 e. The van der Waals surface area contributed by atoms with Crippen LogP contribution in [0.25, 0.3) is 4.96 Å². The summed E-state index contributed by atoms with van der Waals surface area (Å²) >= 11 is 1.49. The summed E-state index contributed by atoms with van der Waals surface area (Å²) in [6.45, 7) is 5.18. The van der Waals surface area contributed by atoms with Crippen molar-refractivity contribution >= 4 is 16.3 Å². The molecule has 0 spiro atoms. The molecule has 0 saturated carbocycles. The smallest absolute Gasteiger partial charge is 0.230 e. The Labute approximate surface area is 138 Å². The molecule has 3 heterocycles. The van der Waals surface area contributed by atoms with Crippen LogP contribution in [0.2, 0.25) is 0 Å². The zero-order valence-corrected chi connectivity index (χ0v) is 13.7. The van der Waals surface area contributed by atoms with Crippen molar-refractivity contribution in [1.29, 1.82) is 0 Å². The van der Waals surface area contributed by atoms with Gasteiger partial charge in [0.25, 0.3) is 0 Å². The van der Waals surface area contributed by atoms with Gasteiger partial charge in [0.05, 0.1) is 24.1 Å². The highest BCUT2D eigenvalue weighted by Crippen LogP contribution is 2.39. The molecule has 1 aromatic carbocycles. The third-order valence-corrected chi connectivity index (χ3v) is 5.28. The van der Waals surface area contributed by atoms with Crippen molar-refractivity contribution in [2.75, 3.05) is 26.3 Å². The summed E-state index contributed by atoms with van der Waals surface area (Å²) in [5.74, 6) is 0.180. The Kier molecular flexibility index (Phi) is 3.76. The van der Waals surface area contributed by atoms with Gasteiger partial charge in [-0.05, 0) is 12.5 Å². The summed E-state index contributed by atoms with van der Waals surface area (Å²) < 4.78 is 6.99. The monoisotopic (exact) mass is 330 g/mol. The molecular weight excluding hydrogens is 312 g/mol. The Bertz CT molecular complexity index is 805. The van der Waals surface area contributed by atoms with Crippen molar-refractivity contribution in [3.8, 4) is 5.88 Å². The molecule has 0 bridgehead atoms. The molecule has 1 unspecified atom stereocenters. The van der Waals surface area contributed by atoms with E-state index in [1.54, 1.807) is 0 Å². The summed E-state index contributed by atoms with van der Waals surface area (Å²) in [6.07, 6.45) is 1.46. The highest BCUT2D eigenvalue weighted by Gasteiger charge is 2.30. The Balaban J connectivity index is 1.81. The van der Waals surface area contributed by atoms with Gasteiger partial charge in [-0.15, -0.1) is 0 Å². The van der Waals surface area contributed by atoms with Crippen LogP contribution in [0.4, 0.5) is 0 Å². The van der Waals surface area contributed by atoms with Crippen LogP contribution in [0.1, 0.15) is 22.0 Å². The molecule has 0 amide bonds. The molecule has 1 aliphatic heterocycles. The first-order valence-electron chi connectivity index (χ1n) is 7.64. The van der Waals surface area contributed by atoms with Crippen molar-refractivity contribution in [3.05, 3.63) is 46.6 Å². The zero-order chi connectivity index (χ0) is 15.8. The number of ether oxygens (including phenoxy) is 1. The molecule has 0 radical (unpaired) electrons. The second-order valence-corrected chi connectivity index (χ2v) is 6.71. The number of aromatic nitrogens is 3. The number of aromatic hydroxyl groups is 1. The van der Waals surface area contributed by atoms with E-state index in [0.717, 1.165) is 23.5 Å². The van der Waals surface area contributed by atoms with E-state index in [4.69, 9.17) is 4.74 Å². The first kappa shape index (κ1) is 14.6. The maximum atomic E-state index is 10.6. The lowest BCUT2D eigenvalue weighted by atomic mass is 10.0. The van der Waals surface area contributed by atoms with E-state index in [2.05, 4.69) is 46.2 Å². The molecule has 7 heteroatoms. The second kappa shape index (κ2) is 5.92. The molecule has 1 atom stereocenters. The van der Waals surface area contributed by atoms with Gasteiger partial charge in [-0.2, -0.15) is 9.61 Å². The van der Waals surface area contributed by atoms with Gasteiger partial charge < -0.3 is 9.84 Å². The van der Waals surface area contributed by atoms with Gasteiger partial charge in [0.1, 0.15) is 6.33 Å². The minimum absolute atomic E-state index is 0.00648. The number of rotatable bonds is 3. The number of benzene rings is 1. The lowest BCUT2D eigenvalue weighted by molar-refractivity contribution is 0.0241. The fourth-order valence-corrected chi connectivity index (χ4v) is 4.08. The van der Waals surface area contributed by atoms with Crippen molar-refractivity contribution in [1.82, 2.24) is 19.5 Å². The van der Waals surface area contributed by atoms with Crippen LogP contribution in [0.3, 0.4) is 0 Å². The fraction of sp³-hybridized carbons (Fsp3) is 0.375. The summed E-state index contributed by atoms with van der Waals surface area (Å²) in [6, 6.07) is 8.47. The molecule has 2 aromatic heterocycles.